The van der Waals surface area contributed by atoms with Gasteiger partial charge in [0.2, 0.25) is 6.41 Å². The van der Waals surface area contributed by atoms with Gasteiger partial charge in [0.25, 0.3) is 5.91 Å². The number of fused-ring (bicyclic) bond motifs is 1. The summed E-state index contributed by atoms with van der Waals surface area (Å²) in [5.41, 5.74) is 0.488. The van der Waals surface area contributed by atoms with Gasteiger partial charge in [-0.05, 0) is 18.4 Å². The maximum absolute atomic E-state index is 13.0. The number of piperidine rings is 1. The van der Waals surface area contributed by atoms with Crippen LogP contribution >= 0.6 is 0 Å². The second kappa shape index (κ2) is 5.09. The minimum absolute atomic E-state index is 0.0968. The summed E-state index contributed by atoms with van der Waals surface area (Å²) in [4.78, 5) is 27.6. The van der Waals surface area contributed by atoms with Gasteiger partial charge in [-0.15, -0.1) is 0 Å². The molecule has 0 saturated carbocycles. The van der Waals surface area contributed by atoms with Gasteiger partial charge in [-0.25, -0.2) is 0 Å². The third kappa shape index (κ3) is 1.96. The van der Waals surface area contributed by atoms with E-state index in [1.165, 1.54) is 5.56 Å². The molecule has 5 heteroatoms. The largest absolute Gasteiger partial charge is 0.345 e. The number of hydrogen-bond acceptors (Lipinski definition) is 3. The van der Waals surface area contributed by atoms with Crippen molar-refractivity contribution in [3.05, 3.63) is 35.9 Å². The van der Waals surface area contributed by atoms with Crippen molar-refractivity contribution in [2.75, 3.05) is 13.1 Å². The van der Waals surface area contributed by atoms with E-state index >= 15 is 0 Å². The molecule has 1 aromatic rings. The van der Waals surface area contributed by atoms with Crippen LogP contribution in [0.5, 0.6) is 0 Å². The maximum atomic E-state index is 13.0. The number of ether oxygens (including phenoxy) is 1. The fourth-order valence-corrected chi connectivity index (χ4v) is 4.04. The Hall–Kier alpha value is -1.88. The van der Waals surface area contributed by atoms with Gasteiger partial charge in [-0.1, -0.05) is 30.3 Å². The van der Waals surface area contributed by atoms with Crippen LogP contribution in [0, 0.1) is 0 Å². The predicted molar refractivity (Wildman–Crippen MR) is 79.7 cm³/mol. The zero-order valence-corrected chi connectivity index (χ0v) is 12.5. The van der Waals surface area contributed by atoms with Crippen LogP contribution in [0.15, 0.2) is 30.3 Å². The number of amides is 2. The average molecular weight is 300 g/mol. The van der Waals surface area contributed by atoms with Gasteiger partial charge in [-0.2, -0.15) is 0 Å². The lowest BCUT2D eigenvalue weighted by Gasteiger charge is -2.35. The third-order valence-electron chi connectivity index (χ3n) is 5.26. The van der Waals surface area contributed by atoms with Gasteiger partial charge in [0.15, 0.2) is 5.60 Å². The highest BCUT2D eigenvalue weighted by atomic mass is 16.6. The minimum atomic E-state index is -0.697. The van der Waals surface area contributed by atoms with Crippen LogP contribution in [-0.4, -0.2) is 47.0 Å². The topological polar surface area (TPSA) is 49.9 Å². The smallest absolute Gasteiger partial charge is 0.257 e. The second-order valence-electron chi connectivity index (χ2n) is 6.42. The summed E-state index contributed by atoms with van der Waals surface area (Å²) >= 11 is 0. The number of carbonyl (C=O) groups excluding carboxylic acids is 2. The molecular weight excluding hydrogens is 280 g/mol. The van der Waals surface area contributed by atoms with E-state index in [0.717, 1.165) is 19.3 Å². The van der Waals surface area contributed by atoms with Crippen molar-refractivity contribution in [2.24, 2.45) is 0 Å². The molecular formula is C17H20N2O3. The predicted octanol–water partition coefficient (Wildman–Crippen LogP) is 1.70. The molecule has 1 spiro atoms. The summed E-state index contributed by atoms with van der Waals surface area (Å²) in [6.45, 7) is 1.21. The van der Waals surface area contributed by atoms with E-state index in [0.29, 0.717) is 25.9 Å². The van der Waals surface area contributed by atoms with Crippen molar-refractivity contribution in [2.45, 2.75) is 43.6 Å². The van der Waals surface area contributed by atoms with Crippen molar-refractivity contribution in [3.63, 3.8) is 0 Å². The van der Waals surface area contributed by atoms with Crippen LogP contribution in [0.25, 0.3) is 0 Å². The van der Waals surface area contributed by atoms with Crippen molar-refractivity contribution in [1.29, 1.82) is 0 Å². The number of nitrogens with zero attached hydrogens (tertiary/aromatic N) is 2. The molecule has 0 aliphatic carbocycles. The molecule has 3 aliphatic heterocycles. The van der Waals surface area contributed by atoms with E-state index in [4.69, 9.17) is 4.74 Å². The SMILES string of the molecule is O=CN1CCC2(CC1)OC1CCC(c3ccccc3)N1C2=O. The summed E-state index contributed by atoms with van der Waals surface area (Å²) in [6.07, 6.45) is 3.83. The Morgan fingerprint density at radius 1 is 1.14 bits per heavy atom. The highest BCUT2D eigenvalue weighted by molar-refractivity contribution is 5.88. The molecule has 2 atom stereocenters. The van der Waals surface area contributed by atoms with E-state index in [2.05, 4.69) is 12.1 Å². The lowest BCUT2D eigenvalue weighted by Crippen LogP contribution is -2.50. The van der Waals surface area contributed by atoms with Crippen molar-refractivity contribution in [1.82, 2.24) is 9.80 Å². The normalized spacial score (nSPS) is 29.9. The molecule has 0 bridgehead atoms. The quantitative estimate of drug-likeness (QED) is 0.781. The monoisotopic (exact) mass is 300 g/mol. The first-order valence-corrected chi connectivity index (χ1v) is 7.98. The molecule has 3 fully saturated rings. The summed E-state index contributed by atoms with van der Waals surface area (Å²) in [5.74, 6) is 0.120. The number of likely N-dealkylation sites (tertiary alicyclic amines) is 1. The molecule has 3 heterocycles. The van der Waals surface area contributed by atoms with Gasteiger partial charge in [0.05, 0.1) is 6.04 Å². The summed E-state index contributed by atoms with van der Waals surface area (Å²) < 4.78 is 6.20. The lowest BCUT2D eigenvalue weighted by molar-refractivity contribution is -0.145. The van der Waals surface area contributed by atoms with Gasteiger partial charge < -0.3 is 14.5 Å². The Bertz CT molecular complexity index is 581. The van der Waals surface area contributed by atoms with Crippen LogP contribution in [0.4, 0.5) is 0 Å². The van der Waals surface area contributed by atoms with Crippen LogP contribution < -0.4 is 0 Å². The molecule has 3 aliphatic rings. The molecule has 5 nitrogen and oxygen atoms in total. The Kier molecular flexibility index (Phi) is 3.18. The first kappa shape index (κ1) is 13.8. The fourth-order valence-electron chi connectivity index (χ4n) is 4.04. The number of rotatable bonds is 2. The second-order valence-corrected chi connectivity index (χ2v) is 6.42. The molecule has 2 unspecified atom stereocenters. The molecule has 2 amide bonds. The Labute approximate surface area is 129 Å². The lowest BCUT2D eigenvalue weighted by atomic mass is 9.90. The molecule has 22 heavy (non-hydrogen) atoms. The fraction of sp³-hybridized carbons (Fsp3) is 0.529. The van der Waals surface area contributed by atoms with Crippen molar-refractivity contribution >= 4 is 12.3 Å². The summed E-state index contributed by atoms with van der Waals surface area (Å²) in [6, 6.07) is 10.3. The van der Waals surface area contributed by atoms with E-state index < -0.39 is 5.60 Å². The first-order chi connectivity index (χ1) is 10.7. The maximum Gasteiger partial charge on any atom is 0.257 e. The third-order valence-corrected chi connectivity index (χ3v) is 5.26. The summed E-state index contributed by atoms with van der Waals surface area (Å²) in [7, 11) is 0. The molecule has 116 valence electrons. The zero-order chi connectivity index (χ0) is 15.2. The standard InChI is InChI=1S/C17H20N2O3/c20-12-18-10-8-17(9-11-18)16(21)19-14(6-7-15(19)22-17)13-4-2-1-3-5-13/h1-5,12,14-15H,6-11H2. The molecule has 3 saturated heterocycles. The van der Waals surface area contributed by atoms with Crippen LogP contribution in [0.3, 0.4) is 0 Å². The summed E-state index contributed by atoms with van der Waals surface area (Å²) in [5, 5.41) is 0. The van der Waals surface area contributed by atoms with Crippen LogP contribution in [-0.2, 0) is 14.3 Å². The number of benzene rings is 1. The first-order valence-electron chi connectivity index (χ1n) is 7.98. The molecule has 0 radical (unpaired) electrons. The Morgan fingerprint density at radius 3 is 2.55 bits per heavy atom. The van der Waals surface area contributed by atoms with Crippen LogP contribution in [0.2, 0.25) is 0 Å². The minimum Gasteiger partial charge on any atom is -0.345 e. The van der Waals surface area contributed by atoms with E-state index in [1.807, 2.05) is 23.1 Å². The highest BCUT2D eigenvalue weighted by Gasteiger charge is 2.57. The van der Waals surface area contributed by atoms with E-state index in [1.54, 1.807) is 4.90 Å². The van der Waals surface area contributed by atoms with Crippen molar-refractivity contribution in [3.8, 4) is 0 Å². The number of hydrogen-bond donors (Lipinski definition) is 0. The van der Waals surface area contributed by atoms with E-state index in [-0.39, 0.29) is 18.2 Å². The molecule has 0 aromatic heterocycles. The zero-order valence-electron chi connectivity index (χ0n) is 12.5. The van der Waals surface area contributed by atoms with Gasteiger partial charge >= 0.3 is 0 Å². The molecule has 1 aromatic carbocycles. The number of carbonyl (C=O) groups is 2. The molecule has 4 rings (SSSR count). The van der Waals surface area contributed by atoms with Gasteiger partial charge in [-0.3, -0.25) is 9.59 Å². The average Bonchev–Trinajstić information content (AvgIpc) is 3.09. The van der Waals surface area contributed by atoms with Crippen molar-refractivity contribution < 1.29 is 14.3 Å². The Balaban J connectivity index is 1.58. The molecule has 0 N–H and O–H groups in total. The van der Waals surface area contributed by atoms with Gasteiger partial charge in [0.1, 0.15) is 6.23 Å². The van der Waals surface area contributed by atoms with Gasteiger partial charge in [0, 0.05) is 25.9 Å². The van der Waals surface area contributed by atoms with Crippen LogP contribution in [0.1, 0.15) is 37.3 Å². The Morgan fingerprint density at radius 2 is 1.86 bits per heavy atom. The highest BCUT2D eigenvalue weighted by Crippen LogP contribution is 2.47. The van der Waals surface area contributed by atoms with E-state index in [9.17, 15) is 9.59 Å².